The number of rotatable bonds is 4. The molecule has 2 aromatic heterocycles. The third-order valence-electron chi connectivity index (χ3n) is 2.17. The van der Waals surface area contributed by atoms with Crippen molar-refractivity contribution in [2.45, 2.75) is 6.54 Å². The second kappa shape index (κ2) is 4.96. The van der Waals surface area contributed by atoms with Crippen molar-refractivity contribution in [1.82, 2.24) is 19.7 Å². The van der Waals surface area contributed by atoms with Crippen LogP contribution in [0.2, 0.25) is 5.15 Å². The molecule has 2 aromatic rings. The highest BCUT2D eigenvalue weighted by atomic mass is 35.5. The Kier molecular flexibility index (Phi) is 3.38. The molecule has 0 aliphatic heterocycles. The van der Waals surface area contributed by atoms with Crippen molar-refractivity contribution in [2.24, 2.45) is 7.05 Å². The molecule has 0 saturated heterocycles. The van der Waals surface area contributed by atoms with Crippen LogP contribution in [0.1, 0.15) is 5.69 Å². The Morgan fingerprint density at radius 3 is 2.94 bits per heavy atom. The monoisotopic (exact) mass is 268 g/mol. The van der Waals surface area contributed by atoms with Gasteiger partial charge in [0.05, 0.1) is 17.2 Å². The van der Waals surface area contributed by atoms with Crippen LogP contribution < -0.4 is 5.32 Å². The van der Waals surface area contributed by atoms with Crippen LogP contribution in [0.4, 0.5) is 11.5 Å². The van der Waals surface area contributed by atoms with Crippen molar-refractivity contribution in [3.05, 3.63) is 39.6 Å². The smallest absolute Gasteiger partial charge is 0.348 e. The van der Waals surface area contributed by atoms with E-state index in [-0.39, 0.29) is 16.7 Å². The fourth-order valence-electron chi connectivity index (χ4n) is 1.38. The van der Waals surface area contributed by atoms with E-state index in [2.05, 4.69) is 20.4 Å². The number of nitro groups is 1. The van der Waals surface area contributed by atoms with E-state index in [1.54, 1.807) is 24.0 Å². The van der Waals surface area contributed by atoms with Crippen LogP contribution in [-0.4, -0.2) is 24.7 Å². The Balaban J connectivity index is 2.19. The highest BCUT2D eigenvalue weighted by molar-refractivity contribution is 6.31. The van der Waals surface area contributed by atoms with Gasteiger partial charge in [-0.3, -0.25) is 14.8 Å². The quantitative estimate of drug-likeness (QED) is 0.511. The van der Waals surface area contributed by atoms with Crippen LogP contribution in [0.5, 0.6) is 0 Å². The summed E-state index contributed by atoms with van der Waals surface area (Å²) < 4.78 is 1.64. The Bertz CT molecular complexity index is 584. The van der Waals surface area contributed by atoms with Gasteiger partial charge in [0.1, 0.15) is 6.33 Å². The molecule has 0 aliphatic rings. The first-order valence-electron chi connectivity index (χ1n) is 4.95. The molecule has 8 nitrogen and oxygen atoms in total. The lowest BCUT2D eigenvalue weighted by Crippen LogP contribution is -2.06. The van der Waals surface area contributed by atoms with Crippen LogP contribution in [0, 0.1) is 10.1 Å². The van der Waals surface area contributed by atoms with E-state index >= 15 is 0 Å². The first-order valence-corrected chi connectivity index (χ1v) is 5.33. The fourth-order valence-corrected chi connectivity index (χ4v) is 1.58. The molecule has 0 aromatic carbocycles. The SMILES string of the molecule is Cn1ccc(CNc2ncnc(Cl)c2[N+](=O)[O-])n1. The molecule has 0 aliphatic carbocycles. The van der Waals surface area contributed by atoms with Crippen LogP contribution in [0.15, 0.2) is 18.6 Å². The first-order chi connectivity index (χ1) is 8.58. The van der Waals surface area contributed by atoms with Crippen molar-refractivity contribution in [1.29, 1.82) is 0 Å². The number of nitrogens with zero attached hydrogens (tertiary/aromatic N) is 5. The van der Waals surface area contributed by atoms with Crippen LogP contribution in [0.25, 0.3) is 0 Å². The van der Waals surface area contributed by atoms with Crippen LogP contribution in [0.3, 0.4) is 0 Å². The van der Waals surface area contributed by atoms with E-state index < -0.39 is 4.92 Å². The fraction of sp³-hybridized carbons (Fsp3) is 0.222. The number of aryl methyl sites for hydroxylation is 1. The van der Waals surface area contributed by atoms with E-state index in [1.165, 1.54) is 0 Å². The van der Waals surface area contributed by atoms with Crippen molar-refractivity contribution in [3.8, 4) is 0 Å². The lowest BCUT2D eigenvalue weighted by atomic mass is 10.4. The van der Waals surface area contributed by atoms with E-state index in [0.717, 1.165) is 12.0 Å². The van der Waals surface area contributed by atoms with E-state index in [4.69, 9.17) is 11.6 Å². The summed E-state index contributed by atoms with van der Waals surface area (Å²) >= 11 is 5.66. The van der Waals surface area contributed by atoms with E-state index in [1.807, 2.05) is 0 Å². The first kappa shape index (κ1) is 12.2. The molecule has 0 fully saturated rings. The molecule has 0 unspecified atom stereocenters. The average molecular weight is 269 g/mol. The second-order valence-electron chi connectivity index (χ2n) is 3.45. The topological polar surface area (TPSA) is 98.8 Å². The van der Waals surface area contributed by atoms with E-state index in [0.29, 0.717) is 6.54 Å². The zero-order valence-corrected chi connectivity index (χ0v) is 10.1. The Labute approximate surface area is 107 Å². The minimum atomic E-state index is -0.622. The third-order valence-corrected chi connectivity index (χ3v) is 2.44. The maximum absolute atomic E-state index is 10.8. The van der Waals surface area contributed by atoms with Crippen molar-refractivity contribution in [3.63, 3.8) is 0 Å². The maximum Gasteiger partial charge on any atom is 0.348 e. The van der Waals surface area contributed by atoms with Gasteiger partial charge >= 0.3 is 5.69 Å². The summed E-state index contributed by atoms with van der Waals surface area (Å²) in [5.74, 6) is 0.0747. The number of halogens is 1. The van der Waals surface area contributed by atoms with Gasteiger partial charge in [0.15, 0.2) is 0 Å². The molecule has 0 bridgehead atoms. The van der Waals surface area contributed by atoms with Gasteiger partial charge in [0, 0.05) is 13.2 Å². The Morgan fingerprint density at radius 1 is 1.56 bits per heavy atom. The number of anilines is 1. The predicted molar refractivity (Wildman–Crippen MR) is 64.2 cm³/mol. The average Bonchev–Trinajstić information content (AvgIpc) is 2.72. The molecule has 0 saturated carbocycles. The van der Waals surface area contributed by atoms with Gasteiger partial charge in [0.2, 0.25) is 11.0 Å². The lowest BCUT2D eigenvalue weighted by molar-refractivity contribution is -0.384. The summed E-state index contributed by atoms with van der Waals surface area (Å²) in [5, 5.41) is 17.6. The lowest BCUT2D eigenvalue weighted by Gasteiger charge is -2.04. The zero-order chi connectivity index (χ0) is 13.1. The third kappa shape index (κ3) is 2.54. The standard InChI is InChI=1S/C9H9ClN6O2/c1-15-3-2-6(14-15)4-11-9-7(16(17)18)8(10)12-5-13-9/h2-3,5H,4H2,1H3,(H,11,12,13). The second-order valence-corrected chi connectivity index (χ2v) is 3.81. The number of nitrogens with one attached hydrogen (secondary N) is 1. The van der Waals surface area contributed by atoms with Gasteiger partial charge in [-0.25, -0.2) is 9.97 Å². The molecular weight excluding hydrogens is 260 g/mol. The predicted octanol–water partition coefficient (Wildman–Crippen LogP) is 1.38. The van der Waals surface area contributed by atoms with Gasteiger partial charge < -0.3 is 5.32 Å². The van der Waals surface area contributed by atoms with E-state index in [9.17, 15) is 10.1 Å². The largest absolute Gasteiger partial charge is 0.358 e. The molecule has 0 amide bonds. The van der Waals surface area contributed by atoms with Crippen molar-refractivity contribution in [2.75, 3.05) is 5.32 Å². The highest BCUT2D eigenvalue weighted by Crippen LogP contribution is 2.28. The van der Waals surface area contributed by atoms with Crippen molar-refractivity contribution >= 4 is 23.1 Å². The van der Waals surface area contributed by atoms with Crippen LogP contribution in [-0.2, 0) is 13.6 Å². The molecule has 0 radical (unpaired) electrons. The number of aromatic nitrogens is 4. The van der Waals surface area contributed by atoms with Gasteiger partial charge in [-0.15, -0.1) is 0 Å². The summed E-state index contributed by atoms with van der Waals surface area (Å²) in [4.78, 5) is 17.6. The Hall–Kier alpha value is -2.22. The molecule has 0 atom stereocenters. The van der Waals surface area contributed by atoms with Gasteiger partial charge in [-0.1, -0.05) is 11.6 Å². The maximum atomic E-state index is 10.8. The van der Waals surface area contributed by atoms with Crippen molar-refractivity contribution < 1.29 is 4.92 Å². The van der Waals surface area contributed by atoms with Gasteiger partial charge in [0.25, 0.3) is 0 Å². The molecular formula is C9H9ClN6O2. The zero-order valence-electron chi connectivity index (χ0n) is 9.37. The van der Waals surface area contributed by atoms with Gasteiger partial charge in [-0.05, 0) is 6.07 Å². The molecule has 1 N–H and O–H groups in total. The molecule has 9 heteroatoms. The molecule has 18 heavy (non-hydrogen) atoms. The Morgan fingerprint density at radius 2 is 2.33 bits per heavy atom. The minimum absolute atomic E-state index is 0.0747. The van der Waals surface area contributed by atoms with Gasteiger partial charge in [-0.2, -0.15) is 5.10 Å². The number of hydrogen-bond acceptors (Lipinski definition) is 6. The summed E-state index contributed by atoms with van der Waals surface area (Å²) in [7, 11) is 1.79. The number of hydrogen-bond donors (Lipinski definition) is 1. The minimum Gasteiger partial charge on any atom is -0.358 e. The summed E-state index contributed by atoms with van der Waals surface area (Å²) in [6, 6.07) is 1.79. The summed E-state index contributed by atoms with van der Waals surface area (Å²) in [6.07, 6.45) is 2.94. The molecule has 0 spiro atoms. The summed E-state index contributed by atoms with van der Waals surface area (Å²) in [5.41, 5.74) is 0.400. The summed E-state index contributed by atoms with van der Waals surface area (Å²) in [6.45, 7) is 0.315. The molecule has 2 rings (SSSR count). The van der Waals surface area contributed by atoms with Crippen LogP contribution >= 0.6 is 11.6 Å². The highest BCUT2D eigenvalue weighted by Gasteiger charge is 2.21. The normalized spacial score (nSPS) is 10.3. The molecule has 2 heterocycles. The molecule has 94 valence electrons.